The van der Waals surface area contributed by atoms with E-state index in [1.54, 1.807) is 12.1 Å². The summed E-state index contributed by atoms with van der Waals surface area (Å²) in [6.45, 7) is 3.75. The summed E-state index contributed by atoms with van der Waals surface area (Å²) >= 11 is 5.76. The van der Waals surface area contributed by atoms with Crippen LogP contribution in [0.15, 0.2) is 47.1 Å². The summed E-state index contributed by atoms with van der Waals surface area (Å²) in [5.41, 5.74) is 13.4. The maximum absolute atomic E-state index is 14.1. The molecule has 0 aliphatic rings. The summed E-state index contributed by atoms with van der Waals surface area (Å²) < 4.78 is 20.7. The Hall–Kier alpha value is -4.25. The second-order valence-corrected chi connectivity index (χ2v) is 8.41. The molecule has 0 radical (unpaired) electrons. The number of nitrogens with one attached hydrogen (secondary N) is 1. The zero-order chi connectivity index (χ0) is 25.3. The quantitative estimate of drug-likeness (QED) is 0.350. The van der Waals surface area contributed by atoms with Crippen molar-refractivity contribution in [3.63, 3.8) is 0 Å². The Kier molecular flexibility index (Phi) is 6.52. The van der Waals surface area contributed by atoms with Crippen LogP contribution in [0.3, 0.4) is 0 Å². The molecule has 2 amide bonds. The Morgan fingerprint density at radius 3 is 2.63 bits per heavy atom. The molecule has 3 aromatic heterocycles. The summed E-state index contributed by atoms with van der Waals surface area (Å²) in [5, 5.41) is 11.0. The zero-order valence-electron chi connectivity index (χ0n) is 18.8. The Morgan fingerprint density at radius 2 is 2.00 bits per heavy atom. The minimum absolute atomic E-state index is 0.0526. The van der Waals surface area contributed by atoms with E-state index < -0.39 is 17.6 Å². The molecule has 0 spiro atoms. The lowest BCUT2D eigenvalue weighted by Crippen LogP contribution is -2.15. The number of carbonyl (C=O) groups is 2. The Labute approximate surface area is 204 Å². The smallest absolute Gasteiger partial charge is 0.254 e. The zero-order valence-corrected chi connectivity index (χ0v) is 19.5. The van der Waals surface area contributed by atoms with Gasteiger partial charge in [0.15, 0.2) is 0 Å². The van der Waals surface area contributed by atoms with Gasteiger partial charge in [0, 0.05) is 40.1 Å². The molecule has 0 saturated carbocycles. The van der Waals surface area contributed by atoms with E-state index in [4.69, 9.17) is 27.6 Å². The topological polar surface area (TPSA) is 155 Å². The molecule has 180 valence electrons. The first-order chi connectivity index (χ1) is 16.6. The number of nitrogens with two attached hydrogens (primary N) is 2. The molecule has 0 atom stereocenters. The molecule has 10 nitrogen and oxygen atoms in total. The van der Waals surface area contributed by atoms with E-state index in [2.05, 4.69) is 20.6 Å². The van der Waals surface area contributed by atoms with Crippen molar-refractivity contribution in [3.8, 4) is 22.5 Å². The molecule has 0 fully saturated rings. The number of aromatic nitrogens is 4. The minimum Gasteiger partial charge on any atom is -0.383 e. The predicted molar refractivity (Wildman–Crippen MR) is 128 cm³/mol. The third-order valence-corrected chi connectivity index (χ3v) is 5.34. The van der Waals surface area contributed by atoms with Gasteiger partial charge in [0.2, 0.25) is 11.8 Å². The molecule has 4 aromatic rings. The fourth-order valence-electron chi connectivity index (χ4n) is 3.46. The molecule has 35 heavy (non-hydrogen) atoms. The average Bonchev–Trinajstić information content (AvgIpc) is 3.38. The van der Waals surface area contributed by atoms with E-state index in [0.717, 1.165) is 6.07 Å². The molecule has 1 aromatic carbocycles. The van der Waals surface area contributed by atoms with Crippen LogP contribution in [0.4, 0.5) is 16.1 Å². The third kappa shape index (κ3) is 4.99. The average molecular weight is 498 g/mol. The van der Waals surface area contributed by atoms with E-state index in [1.807, 2.05) is 13.8 Å². The fourth-order valence-corrected chi connectivity index (χ4v) is 3.62. The maximum Gasteiger partial charge on any atom is 0.254 e. The van der Waals surface area contributed by atoms with Crippen molar-refractivity contribution in [2.24, 2.45) is 5.73 Å². The first-order valence-corrected chi connectivity index (χ1v) is 10.9. The Morgan fingerprint density at radius 1 is 1.23 bits per heavy atom. The molecule has 12 heteroatoms. The normalized spacial score (nSPS) is 11.1. The molecule has 3 heterocycles. The van der Waals surface area contributed by atoms with Crippen LogP contribution in [0.5, 0.6) is 0 Å². The van der Waals surface area contributed by atoms with Gasteiger partial charge in [-0.3, -0.25) is 19.9 Å². The van der Waals surface area contributed by atoms with Gasteiger partial charge in [0.1, 0.15) is 28.6 Å². The molecule has 0 unspecified atom stereocenters. The summed E-state index contributed by atoms with van der Waals surface area (Å²) in [6, 6.07) is 8.77. The standard InChI is InChI=1S/C23H21ClFN7O3/c1-11(2)32-22(26)20(23(27)34)21(30-32)12-3-5-14(28-10-12)8-18(33)29-19-9-17(31-35-19)15-6-4-13(24)7-16(15)25/h3-7,9-11H,8,26H2,1-2H3,(H2,27,34)(H,29,33). The van der Waals surface area contributed by atoms with Crippen LogP contribution in [-0.4, -0.2) is 31.7 Å². The fraction of sp³-hybridized carbons (Fsp3) is 0.174. The number of carbonyl (C=O) groups excluding carboxylic acids is 2. The van der Waals surface area contributed by atoms with Gasteiger partial charge in [-0.15, -0.1) is 0 Å². The Balaban J connectivity index is 1.46. The van der Waals surface area contributed by atoms with Gasteiger partial charge in [-0.1, -0.05) is 16.8 Å². The van der Waals surface area contributed by atoms with E-state index in [1.165, 1.54) is 29.1 Å². The van der Waals surface area contributed by atoms with E-state index in [9.17, 15) is 14.0 Å². The number of rotatable bonds is 7. The van der Waals surface area contributed by atoms with Gasteiger partial charge in [0.25, 0.3) is 5.91 Å². The molecule has 4 rings (SSSR count). The van der Waals surface area contributed by atoms with Gasteiger partial charge >= 0.3 is 0 Å². The summed E-state index contributed by atoms with van der Waals surface area (Å²) in [4.78, 5) is 28.7. The van der Waals surface area contributed by atoms with Crippen LogP contribution >= 0.6 is 11.6 Å². The van der Waals surface area contributed by atoms with Crippen molar-refractivity contribution in [1.82, 2.24) is 19.9 Å². The molecule has 5 N–H and O–H groups in total. The maximum atomic E-state index is 14.1. The highest BCUT2D eigenvalue weighted by Gasteiger charge is 2.23. The second-order valence-electron chi connectivity index (χ2n) is 7.98. The number of pyridine rings is 1. The van der Waals surface area contributed by atoms with Crippen LogP contribution in [0.2, 0.25) is 5.02 Å². The number of halogens is 2. The van der Waals surface area contributed by atoms with Gasteiger partial charge in [-0.25, -0.2) is 9.07 Å². The van der Waals surface area contributed by atoms with Crippen molar-refractivity contribution in [1.29, 1.82) is 0 Å². The van der Waals surface area contributed by atoms with E-state index >= 15 is 0 Å². The van der Waals surface area contributed by atoms with Crippen molar-refractivity contribution in [2.75, 3.05) is 11.1 Å². The monoisotopic (exact) mass is 497 g/mol. The second kappa shape index (κ2) is 9.55. The van der Waals surface area contributed by atoms with Gasteiger partial charge in [-0.05, 0) is 44.2 Å². The summed E-state index contributed by atoms with van der Waals surface area (Å²) in [7, 11) is 0. The van der Waals surface area contributed by atoms with Crippen LogP contribution < -0.4 is 16.8 Å². The predicted octanol–water partition coefficient (Wildman–Crippen LogP) is 3.84. The molecular formula is C23H21ClFN7O3. The highest BCUT2D eigenvalue weighted by Crippen LogP contribution is 2.29. The van der Waals surface area contributed by atoms with Crippen LogP contribution in [0.1, 0.15) is 35.9 Å². The molecular weight excluding hydrogens is 477 g/mol. The van der Waals surface area contributed by atoms with Crippen molar-refractivity contribution >= 4 is 35.1 Å². The number of nitrogen functional groups attached to an aromatic ring is 1. The van der Waals surface area contributed by atoms with E-state index in [-0.39, 0.29) is 46.0 Å². The number of primary amides is 1. The molecule has 0 aliphatic carbocycles. The van der Waals surface area contributed by atoms with Crippen molar-refractivity contribution in [2.45, 2.75) is 26.3 Å². The number of hydrogen-bond acceptors (Lipinski definition) is 7. The first kappa shape index (κ1) is 23.9. The van der Waals surface area contributed by atoms with Gasteiger partial charge in [0.05, 0.1) is 6.42 Å². The van der Waals surface area contributed by atoms with Crippen molar-refractivity contribution < 1.29 is 18.5 Å². The van der Waals surface area contributed by atoms with Gasteiger partial charge in [-0.2, -0.15) is 5.10 Å². The number of nitrogens with zero attached hydrogens (tertiary/aromatic N) is 4. The minimum atomic E-state index is -0.697. The third-order valence-electron chi connectivity index (χ3n) is 5.10. The lowest BCUT2D eigenvalue weighted by atomic mass is 10.1. The molecule has 0 aliphatic heterocycles. The number of benzene rings is 1. The Bertz CT molecular complexity index is 1410. The lowest BCUT2D eigenvalue weighted by molar-refractivity contribution is -0.115. The van der Waals surface area contributed by atoms with Gasteiger partial charge < -0.3 is 16.0 Å². The molecule has 0 bridgehead atoms. The van der Waals surface area contributed by atoms with Crippen LogP contribution in [0.25, 0.3) is 22.5 Å². The lowest BCUT2D eigenvalue weighted by Gasteiger charge is -2.06. The van der Waals surface area contributed by atoms with Crippen LogP contribution in [-0.2, 0) is 11.2 Å². The largest absolute Gasteiger partial charge is 0.383 e. The summed E-state index contributed by atoms with van der Waals surface area (Å²) in [6.07, 6.45) is 1.41. The van der Waals surface area contributed by atoms with Crippen LogP contribution in [0, 0.1) is 5.82 Å². The number of anilines is 2. The van der Waals surface area contributed by atoms with E-state index in [0.29, 0.717) is 17.0 Å². The highest BCUT2D eigenvalue weighted by molar-refractivity contribution is 6.30. The first-order valence-electron chi connectivity index (χ1n) is 10.5. The van der Waals surface area contributed by atoms with Crippen molar-refractivity contribution in [3.05, 3.63) is 64.7 Å². The number of hydrogen-bond donors (Lipinski definition) is 3. The summed E-state index contributed by atoms with van der Waals surface area (Å²) in [5.74, 6) is -1.45. The highest BCUT2D eigenvalue weighted by atomic mass is 35.5. The molecule has 0 saturated heterocycles. The number of amides is 2. The SMILES string of the molecule is CC(C)n1nc(-c2ccc(CC(=O)Nc3cc(-c4ccc(Cl)cc4F)no3)nc2)c(C(N)=O)c1N.